The van der Waals surface area contributed by atoms with E-state index in [0.29, 0.717) is 18.0 Å². The molecule has 0 fully saturated rings. The first-order chi connectivity index (χ1) is 7.29. The molecule has 0 spiro atoms. The molecule has 3 N–H and O–H groups in total. The highest BCUT2D eigenvalue weighted by Gasteiger charge is 2.03. The second-order valence-electron chi connectivity index (χ2n) is 3.05. The zero-order valence-corrected chi connectivity index (χ0v) is 9.25. The average Bonchev–Trinajstić information content (AvgIpc) is 2.26. The Labute approximate surface area is 90.4 Å². The number of nitrogen functional groups attached to an aromatic ring is 1. The summed E-state index contributed by atoms with van der Waals surface area (Å²) >= 11 is 0. The molecule has 4 nitrogen and oxygen atoms in total. The fourth-order valence-corrected chi connectivity index (χ4v) is 1.28. The molecular formula is C11H18N2O2. The number of ether oxygens (including phenoxy) is 2. The number of hydrogen-bond acceptors (Lipinski definition) is 4. The molecule has 0 radical (unpaired) electrons. The van der Waals surface area contributed by atoms with E-state index in [9.17, 15) is 0 Å². The monoisotopic (exact) mass is 210 g/mol. The molecule has 0 aliphatic carbocycles. The Morgan fingerprint density at radius 3 is 2.87 bits per heavy atom. The van der Waals surface area contributed by atoms with Crippen molar-refractivity contribution in [2.75, 3.05) is 37.9 Å². The number of hydrogen-bond donors (Lipinski definition) is 2. The summed E-state index contributed by atoms with van der Waals surface area (Å²) in [7, 11) is 1.61. The van der Waals surface area contributed by atoms with E-state index < -0.39 is 0 Å². The zero-order valence-electron chi connectivity index (χ0n) is 9.25. The van der Waals surface area contributed by atoms with Crippen LogP contribution in [0.1, 0.15) is 6.92 Å². The van der Waals surface area contributed by atoms with Gasteiger partial charge >= 0.3 is 0 Å². The highest BCUT2D eigenvalue weighted by atomic mass is 16.5. The molecule has 84 valence electrons. The van der Waals surface area contributed by atoms with E-state index in [4.69, 9.17) is 15.2 Å². The van der Waals surface area contributed by atoms with Crippen molar-refractivity contribution in [2.45, 2.75) is 6.92 Å². The van der Waals surface area contributed by atoms with Gasteiger partial charge in [0.2, 0.25) is 0 Å². The Morgan fingerprint density at radius 2 is 2.20 bits per heavy atom. The van der Waals surface area contributed by atoms with E-state index in [1.165, 1.54) is 0 Å². The first-order valence-electron chi connectivity index (χ1n) is 5.03. The molecule has 4 heteroatoms. The van der Waals surface area contributed by atoms with Gasteiger partial charge in [-0.05, 0) is 19.1 Å². The molecule has 1 rings (SSSR count). The first-order valence-corrected chi connectivity index (χ1v) is 5.03. The van der Waals surface area contributed by atoms with Crippen molar-refractivity contribution in [3.63, 3.8) is 0 Å². The molecule has 0 aliphatic heterocycles. The van der Waals surface area contributed by atoms with Crippen LogP contribution in [0, 0.1) is 0 Å². The summed E-state index contributed by atoms with van der Waals surface area (Å²) in [5.74, 6) is 0.691. The van der Waals surface area contributed by atoms with E-state index in [2.05, 4.69) is 5.32 Å². The number of anilines is 2. The topological polar surface area (TPSA) is 56.5 Å². The maximum Gasteiger partial charge on any atom is 0.143 e. The van der Waals surface area contributed by atoms with Crippen LogP contribution in [0.2, 0.25) is 0 Å². The lowest BCUT2D eigenvalue weighted by molar-refractivity contribution is 0.158. The molecule has 0 saturated carbocycles. The minimum absolute atomic E-state index is 0.636. The van der Waals surface area contributed by atoms with E-state index in [1.807, 2.05) is 25.1 Å². The van der Waals surface area contributed by atoms with Crippen LogP contribution in [0.15, 0.2) is 18.2 Å². The van der Waals surface area contributed by atoms with Gasteiger partial charge in [0.05, 0.1) is 25.1 Å². The summed E-state index contributed by atoms with van der Waals surface area (Å²) in [5.41, 5.74) is 7.40. The van der Waals surface area contributed by atoms with E-state index >= 15 is 0 Å². The number of benzene rings is 1. The number of methoxy groups -OCH3 is 1. The van der Waals surface area contributed by atoms with Gasteiger partial charge in [-0.15, -0.1) is 0 Å². The van der Waals surface area contributed by atoms with Crippen LogP contribution >= 0.6 is 0 Å². The number of rotatable bonds is 6. The Kier molecular flexibility index (Phi) is 4.77. The number of nitrogens with two attached hydrogens (primary N) is 1. The molecule has 0 amide bonds. The average molecular weight is 210 g/mol. The first kappa shape index (κ1) is 11.7. The summed E-state index contributed by atoms with van der Waals surface area (Å²) < 4.78 is 10.3. The summed E-state index contributed by atoms with van der Waals surface area (Å²) in [6.07, 6.45) is 0. The third kappa shape index (κ3) is 3.32. The third-order valence-corrected chi connectivity index (χ3v) is 2.05. The van der Waals surface area contributed by atoms with Crippen molar-refractivity contribution < 1.29 is 9.47 Å². The van der Waals surface area contributed by atoms with E-state index in [1.54, 1.807) is 7.11 Å². The standard InChI is InChI=1S/C11H18N2O2/c1-3-15-8-7-13-9-5-4-6-10(14-2)11(9)12/h4-6,13H,3,7-8,12H2,1-2H3. The minimum atomic E-state index is 0.636. The fraction of sp³-hybridized carbons (Fsp3) is 0.455. The molecule has 0 unspecified atom stereocenters. The molecular weight excluding hydrogens is 192 g/mol. The zero-order chi connectivity index (χ0) is 11.1. The Hall–Kier alpha value is -1.42. The van der Waals surface area contributed by atoms with E-state index in [0.717, 1.165) is 18.8 Å². The Balaban J connectivity index is 2.53. The third-order valence-electron chi connectivity index (χ3n) is 2.05. The van der Waals surface area contributed by atoms with Gasteiger partial charge in [-0.3, -0.25) is 0 Å². The lowest BCUT2D eigenvalue weighted by Crippen LogP contribution is -2.10. The summed E-state index contributed by atoms with van der Waals surface area (Å²) in [6, 6.07) is 5.66. The highest BCUT2D eigenvalue weighted by Crippen LogP contribution is 2.28. The van der Waals surface area contributed by atoms with Crippen LogP contribution in [-0.2, 0) is 4.74 Å². The van der Waals surface area contributed by atoms with Gasteiger partial charge in [0.25, 0.3) is 0 Å². The second-order valence-corrected chi connectivity index (χ2v) is 3.05. The fourth-order valence-electron chi connectivity index (χ4n) is 1.28. The molecule has 0 aliphatic rings. The van der Waals surface area contributed by atoms with Gasteiger partial charge in [-0.2, -0.15) is 0 Å². The molecule has 15 heavy (non-hydrogen) atoms. The van der Waals surface area contributed by atoms with Crippen molar-refractivity contribution in [3.8, 4) is 5.75 Å². The van der Waals surface area contributed by atoms with Crippen LogP contribution in [0.25, 0.3) is 0 Å². The van der Waals surface area contributed by atoms with Crippen LogP contribution in [-0.4, -0.2) is 26.9 Å². The quantitative estimate of drug-likeness (QED) is 0.554. The summed E-state index contributed by atoms with van der Waals surface area (Å²) in [5, 5.41) is 3.19. The predicted octanol–water partition coefficient (Wildman–Crippen LogP) is 1.73. The SMILES string of the molecule is CCOCCNc1cccc(OC)c1N. The molecule has 0 saturated heterocycles. The molecule has 0 bridgehead atoms. The number of nitrogens with one attached hydrogen (secondary N) is 1. The summed E-state index contributed by atoms with van der Waals surface area (Å²) in [6.45, 7) is 4.12. The molecule has 0 aromatic heterocycles. The van der Waals surface area contributed by atoms with Crippen LogP contribution in [0.3, 0.4) is 0 Å². The minimum Gasteiger partial charge on any atom is -0.495 e. The lowest BCUT2D eigenvalue weighted by atomic mass is 10.2. The van der Waals surface area contributed by atoms with Crippen molar-refractivity contribution >= 4 is 11.4 Å². The predicted molar refractivity (Wildman–Crippen MR) is 62.4 cm³/mol. The summed E-state index contributed by atoms with van der Waals surface area (Å²) in [4.78, 5) is 0. The molecule has 1 aromatic carbocycles. The van der Waals surface area contributed by atoms with Gasteiger partial charge in [0.1, 0.15) is 5.75 Å². The number of para-hydroxylation sites is 1. The van der Waals surface area contributed by atoms with Crippen molar-refractivity contribution in [3.05, 3.63) is 18.2 Å². The Bertz CT molecular complexity index is 303. The van der Waals surface area contributed by atoms with Gasteiger partial charge < -0.3 is 20.5 Å². The Morgan fingerprint density at radius 1 is 1.40 bits per heavy atom. The van der Waals surface area contributed by atoms with Crippen LogP contribution in [0.5, 0.6) is 5.75 Å². The largest absolute Gasteiger partial charge is 0.495 e. The van der Waals surface area contributed by atoms with Gasteiger partial charge in [0.15, 0.2) is 0 Å². The maximum absolute atomic E-state index is 5.88. The van der Waals surface area contributed by atoms with Crippen LogP contribution in [0.4, 0.5) is 11.4 Å². The van der Waals surface area contributed by atoms with Gasteiger partial charge in [0, 0.05) is 13.2 Å². The maximum atomic E-state index is 5.88. The van der Waals surface area contributed by atoms with E-state index in [-0.39, 0.29) is 0 Å². The highest BCUT2D eigenvalue weighted by molar-refractivity contribution is 5.72. The van der Waals surface area contributed by atoms with Crippen molar-refractivity contribution in [1.29, 1.82) is 0 Å². The smallest absolute Gasteiger partial charge is 0.143 e. The second kappa shape index (κ2) is 6.14. The van der Waals surface area contributed by atoms with Crippen molar-refractivity contribution in [2.24, 2.45) is 0 Å². The van der Waals surface area contributed by atoms with Gasteiger partial charge in [-0.1, -0.05) is 6.07 Å². The lowest BCUT2D eigenvalue weighted by Gasteiger charge is -2.11. The molecule has 0 heterocycles. The normalized spacial score (nSPS) is 10.0. The van der Waals surface area contributed by atoms with Crippen LogP contribution < -0.4 is 15.8 Å². The molecule has 1 aromatic rings. The molecule has 0 atom stereocenters. The van der Waals surface area contributed by atoms with Crippen molar-refractivity contribution in [1.82, 2.24) is 0 Å². The van der Waals surface area contributed by atoms with Gasteiger partial charge in [-0.25, -0.2) is 0 Å².